The third kappa shape index (κ3) is 5.86. The lowest BCUT2D eigenvalue weighted by Crippen LogP contribution is -2.47. The van der Waals surface area contributed by atoms with Crippen LogP contribution in [0.2, 0.25) is 0 Å². The molecule has 0 fully saturated rings. The minimum atomic E-state index is -4.15. The van der Waals surface area contributed by atoms with Crippen LogP contribution in [0.4, 0.5) is 0 Å². The first-order chi connectivity index (χ1) is 20.1. The molecule has 0 radical (unpaired) electrons. The highest BCUT2D eigenvalue weighted by Gasteiger charge is 2.33. The van der Waals surface area contributed by atoms with Gasteiger partial charge in [-0.15, -0.1) is 0 Å². The van der Waals surface area contributed by atoms with Crippen molar-refractivity contribution in [3.05, 3.63) is 127 Å². The van der Waals surface area contributed by atoms with Gasteiger partial charge in [-0.3, -0.25) is 4.79 Å². The molecule has 0 bridgehead atoms. The van der Waals surface area contributed by atoms with Gasteiger partial charge in [0.15, 0.2) is 5.78 Å². The lowest BCUT2D eigenvalue weighted by atomic mass is 9.84. The maximum atomic E-state index is 14.0. The summed E-state index contributed by atoms with van der Waals surface area (Å²) >= 11 is 0. The second-order valence-electron chi connectivity index (χ2n) is 11.3. The van der Waals surface area contributed by atoms with E-state index in [1.807, 2.05) is 60.7 Å². The lowest BCUT2D eigenvalue weighted by Gasteiger charge is -2.35. The predicted octanol–water partition coefficient (Wildman–Crippen LogP) is 5.62. The van der Waals surface area contributed by atoms with Gasteiger partial charge in [-0.1, -0.05) is 112 Å². The van der Waals surface area contributed by atoms with Gasteiger partial charge in [0.25, 0.3) is 10.0 Å². The van der Waals surface area contributed by atoms with E-state index in [9.17, 15) is 18.5 Å². The van der Waals surface area contributed by atoms with Gasteiger partial charge in [-0.2, -0.15) is 5.26 Å². The first kappa shape index (κ1) is 29.2. The topological polar surface area (TPSA) is 89.2 Å². The molecule has 0 aliphatic heterocycles. The van der Waals surface area contributed by atoms with Gasteiger partial charge in [0.05, 0.1) is 22.6 Å². The summed E-state index contributed by atoms with van der Waals surface area (Å²) in [7, 11) is -6.32. The molecular weight excluding hydrogens is 561 g/mol. The molecule has 8 heteroatoms. The molecule has 5 rings (SSSR count). The average Bonchev–Trinajstić information content (AvgIpc) is 3.38. The van der Waals surface area contributed by atoms with Crippen LogP contribution in [0.5, 0.6) is 0 Å². The minimum absolute atomic E-state index is 0.0402. The molecule has 0 amide bonds. The number of carbonyl (C=O) groups excluding carboxylic acids is 1. The Morgan fingerprint density at radius 2 is 1.40 bits per heavy atom. The van der Waals surface area contributed by atoms with Crippen LogP contribution in [-0.4, -0.2) is 27.2 Å². The van der Waals surface area contributed by atoms with Crippen LogP contribution in [0.1, 0.15) is 49.3 Å². The van der Waals surface area contributed by atoms with Crippen LogP contribution in [0.25, 0.3) is 10.9 Å². The van der Waals surface area contributed by atoms with Crippen molar-refractivity contribution in [3.63, 3.8) is 0 Å². The van der Waals surface area contributed by atoms with Gasteiger partial charge in [-0.05, 0) is 45.6 Å². The molecular formula is C34H32N2O4SSi. The Kier molecular flexibility index (Phi) is 8.28. The zero-order valence-electron chi connectivity index (χ0n) is 23.8. The fourth-order valence-corrected chi connectivity index (χ4v) is 9.42. The number of carbonyl (C=O) groups is 1. The molecule has 0 saturated heterocycles. The highest BCUT2D eigenvalue weighted by molar-refractivity contribution is 7.90. The first-order valence-electron chi connectivity index (χ1n) is 13.7. The third-order valence-corrected chi connectivity index (χ3v) is 11.4. The van der Waals surface area contributed by atoms with Gasteiger partial charge < -0.3 is 4.43 Å². The van der Waals surface area contributed by atoms with E-state index in [2.05, 4.69) is 45.0 Å². The smallest absolute Gasteiger partial charge is 0.268 e. The predicted molar refractivity (Wildman–Crippen MR) is 168 cm³/mol. The summed E-state index contributed by atoms with van der Waals surface area (Å²) in [5.74, 6) is -0.556. The molecule has 0 aliphatic rings. The molecule has 6 nitrogen and oxygen atoms in total. The largest absolute Gasteiger partial charge is 0.403 e. The number of ketones is 1. The molecule has 1 heterocycles. The number of fused-ring (bicyclic) bond motifs is 1. The maximum absolute atomic E-state index is 14.0. The molecule has 42 heavy (non-hydrogen) atoms. The molecule has 4 aromatic carbocycles. The highest BCUT2D eigenvalue weighted by atomic mass is 32.2. The number of nitriles is 1. The SMILES string of the molecule is CC(C)(C)C(O[SiH](c1ccccc1)c1ccccc1)c1ccc2cc(C(=O)CC#N)n(S(=O)(=O)c3ccccc3)c2c1. The van der Waals surface area contributed by atoms with E-state index in [1.54, 1.807) is 24.3 Å². The Hall–Kier alpha value is -4.29. The van der Waals surface area contributed by atoms with E-state index >= 15 is 0 Å². The lowest BCUT2D eigenvalue weighted by molar-refractivity contribution is 0.0898. The van der Waals surface area contributed by atoms with Crippen molar-refractivity contribution in [2.75, 3.05) is 0 Å². The number of hydrogen-bond donors (Lipinski definition) is 0. The summed E-state index contributed by atoms with van der Waals surface area (Å²) in [6.07, 6.45) is -0.817. The fourth-order valence-electron chi connectivity index (χ4n) is 5.19. The zero-order chi connectivity index (χ0) is 29.9. The molecule has 0 saturated carbocycles. The molecule has 0 aliphatic carbocycles. The number of aromatic nitrogens is 1. The van der Waals surface area contributed by atoms with E-state index in [4.69, 9.17) is 4.43 Å². The van der Waals surface area contributed by atoms with Crippen LogP contribution in [0.3, 0.4) is 0 Å². The number of rotatable bonds is 9. The summed E-state index contributed by atoms with van der Waals surface area (Å²) in [5, 5.41) is 12.1. The van der Waals surface area contributed by atoms with Crippen molar-refractivity contribution in [1.82, 2.24) is 3.97 Å². The van der Waals surface area contributed by atoms with Crippen molar-refractivity contribution in [1.29, 1.82) is 5.26 Å². The van der Waals surface area contributed by atoms with Crippen molar-refractivity contribution in [2.24, 2.45) is 5.41 Å². The monoisotopic (exact) mass is 592 g/mol. The van der Waals surface area contributed by atoms with Gasteiger partial charge in [0.1, 0.15) is 12.1 Å². The van der Waals surface area contributed by atoms with Gasteiger partial charge in [0.2, 0.25) is 9.04 Å². The Labute approximate surface area is 248 Å². The van der Waals surface area contributed by atoms with Crippen LogP contribution < -0.4 is 10.4 Å². The molecule has 0 spiro atoms. The quantitative estimate of drug-likeness (QED) is 0.164. The standard InChI is InChI=1S/C34H32N2O4SSi/c1-34(2,3)33(40-42(28-15-9-5-10-16-28)29-17-11-6-12-18-29)26-20-19-25-23-31(32(37)21-22-35)36(30(25)24-26)41(38,39)27-13-7-4-8-14-27/h4-20,23-24,33,42H,21H2,1-3H3. The van der Waals surface area contributed by atoms with E-state index in [0.29, 0.717) is 10.9 Å². The van der Waals surface area contributed by atoms with Crippen LogP contribution in [0.15, 0.2) is 120 Å². The van der Waals surface area contributed by atoms with E-state index in [1.165, 1.54) is 12.1 Å². The molecule has 5 aromatic rings. The summed E-state index contributed by atoms with van der Waals surface area (Å²) in [6, 6.07) is 37.4. The number of nitrogens with zero attached hydrogens (tertiary/aromatic N) is 2. The number of hydrogen-bond acceptors (Lipinski definition) is 5. The van der Waals surface area contributed by atoms with Crippen LogP contribution in [0, 0.1) is 16.7 Å². The second kappa shape index (κ2) is 11.9. The Morgan fingerprint density at radius 3 is 1.93 bits per heavy atom. The summed E-state index contributed by atoms with van der Waals surface area (Å²) in [4.78, 5) is 13.1. The molecule has 212 valence electrons. The van der Waals surface area contributed by atoms with E-state index in [0.717, 1.165) is 19.9 Å². The average molecular weight is 593 g/mol. The summed E-state index contributed by atoms with van der Waals surface area (Å²) < 4.78 is 36.1. The number of benzene rings is 4. The highest BCUT2D eigenvalue weighted by Crippen LogP contribution is 2.39. The normalized spacial score (nSPS) is 12.7. The van der Waals surface area contributed by atoms with Gasteiger partial charge >= 0.3 is 0 Å². The van der Waals surface area contributed by atoms with Crippen molar-refractivity contribution in [3.8, 4) is 6.07 Å². The van der Waals surface area contributed by atoms with Crippen LogP contribution in [-0.2, 0) is 14.4 Å². The Balaban J connectivity index is 1.69. The van der Waals surface area contributed by atoms with E-state index in [-0.39, 0.29) is 22.1 Å². The maximum Gasteiger partial charge on any atom is 0.268 e. The van der Waals surface area contributed by atoms with Gasteiger partial charge in [-0.25, -0.2) is 12.4 Å². The number of Topliss-reactive ketones (excluding diaryl/α,β-unsaturated/α-hetero) is 1. The zero-order valence-corrected chi connectivity index (χ0v) is 25.7. The van der Waals surface area contributed by atoms with Gasteiger partial charge in [0, 0.05) is 5.39 Å². The second-order valence-corrected chi connectivity index (χ2v) is 15.4. The Morgan fingerprint density at radius 1 is 0.857 bits per heavy atom. The van der Waals surface area contributed by atoms with E-state index < -0.39 is 31.3 Å². The van der Waals surface area contributed by atoms with Crippen molar-refractivity contribution < 1.29 is 17.6 Å². The van der Waals surface area contributed by atoms with Crippen LogP contribution >= 0.6 is 0 Å². The molecule has 1 aromatic heterocycles. The molecule has 0 N–H and O–H groups in total. The Bertz CT molecular complexity index is 1820. The molecule has 1 atom stereocenters. The first-order valence-corrected chi connectivity index (χ1v) is 16.8. The fraction of sp³-hybridized carbons (Fsp3) is 0.176. The molecule has 1 unspecified atom stereocenters. The summed E-state index contributed by atoms with van der Waals surface area (Å²) in [6.45, 7) is 6.31. The third-order valence-electron chi connectivity index (χ3n) is 7.16. The van der Waals surface area contributed by atoms with Crippen molar-refractivity contribution in [2.45, 2.75) is 38.2 Å². The van der Waals surface area contributed by atoms with Crippen molar-refractivity contribution >= 4 is 46.1 Å². The summed E-state index contributed by atoms with van der Waals surface area (Å²) in [5.41, 5.74) is 0.786. The minimum Gasteiger partial charge on any atom is -0.403 e.